The minimum atomic E-state index is -1.00. The molecule has 1 aliphatic rings. The zero-order valence-electron chi connectivity index (χ0n) is 12.7. The van der Waals surface area contributed by atoms with Crippen molar-refractivity contribution < 1.29 is 9.90 Å². The van der Waals surface area contributed by atoms with Gasteiger partial charge in [-0.3, -0.25) is 0 Å². The van der Waals surface area contributed by atoms with Gasteiger partial charge in [0.15, 0.2) is 0 Å². The van der Waals surface area contributed by atoms with Gasteiger partial charge in [-0.05, 0) is 30.0 Å². The van der Waals surface area contributed by atoms with E-state index in [0.29, 0.717) is 17.7 Å². The summed E-state index contributed by atoms with van der Waals surface area (Å²) in [7, 11) is 0. The molecular weight excluding hydrogens is 280 g/mol. The Morgan fingerprint density at radius 1 is 1.32 bits per heavy atom. The van der Waals surface area contributed by atoms with Gasteiger partial charge < -0.3 is 10.4 Å². The molecule has 0 saturated heterocycles. The number of carboxylic acids is 1. The Morgan fingerprint density at radius 3 is 2.59 bits per heavy atom. The standard InChI is InChI=1S/C16H18N4O2/c1-9(2)11-4-6-12(7-5-11)14-8-13(15(21)22)18-16-17-10(3)19-20(14)16/h4-9,14H,1-3H3,(H,21,22)(H,17,18,19). The lowest BCUT2D eigenvalue weighted by Crippen LogP contribution is -2.24. The number of anilines is 1. The van der Waals surface area contributed by atoms with Gasteiger partial charge in [-0.15, -0.1) is 0 Å². The number of aromatic nitrogens is 3. The highest BCUT2D eigenvalue weighted by Gasteiger charge is 2.26. The van der Waals surface area contributed by atoms with E-state index in [1.54, 1.807) is 17.7 Å². The van der Waals surface area contributed by atoms with Crippen LogP contribution in [0.2, 0.25) is 0 Å². The molecule has 2 N–H and O–H groups in total. The lowest BCUT2D eigenvalue weighted by atomic mass is 9.98. The summed E-state index contributed by atoms with van der Waals surface area (Å²) in [5.74, 6) is 0.508. The molecule has 1 aromatic heterocycles. The van der Waals surface area contributed by atoms with Crippen LogP contribution in [0, 0.1) is 6.92 Å². The monoisotopic (exact) mass is 298 g/mol. The summed E-state index contributed by atoms with van der Waals surface area (Å²) in [4.78, 5) is 15.5. The van der Waals surface area contributed by atoms with Crippen LogP contribution in [0.1, 0.15) is 42.8 Å². The molecule has 6 nitrogen and oxygen atoms in total. The molecule has 1 aromatic carbocycles. The molecule has 114 valence electrons. The number of aryl methyl sites for hydroxylation is 1. The van der Waals surface area contributed by atoms with Crippen molar-refractivity contribution in [3.05, 3.63) is 53.0 Å². The van der Waals surface area contributed by atoms with Crippen LogP contribution in [0.4, 0.5) is 5.95 Å². The molecule has 0 fully saturated rings. The number of fused-ring (bicyclic) bond motifs is 1. The molecule has 1 aliphatic heterocycles. The SMILES string of the molecule is Cc1nc2n(n1)C(c1ccc(C(C)C)cc1)C=C(C(=O)O)N2. The summed E-state index contributed by atoms with van der Waals surface area (Å²) in [6, 6.07) is 7.90. The van der Waals surface area contributed by atoms with Gasteiger partial charge in [0.2, 0.25) is 5.95 Å². The Kier molecular flexibility index (Phi) is 3.44. The maximum absolute atomic E-state index is 11.3. The number of allylic oxidation sites excluding steroid dienone is 1. The third-order valence-corrected chi connectivity index (χ3v) is 3.75. The van der Waals surface area contributed by atoms with Gasteiger partial charge in [0.25, 0.3) is 0 Å². The second-order valence-corrected chi connectivity index (χ2v) is 5.70. The van der Waals surface area contributed by atoms with E-state index in [0.717, 1.165) is 5.56 Å². The minimum absolute atomic E-state index is 0.123. The van der Waals surface area contributed by atoms with Gasteiger partial charge in [-0.25, -0.2) is 9.48 Å². The van der Waals surface area contributed by atoms with Crippen molar-refractivity contribution >= 4 is 11.9 Å². The quantitative estimate of drug-likeness (QED) is 0.910. The third kappa shape index (κ3) is 2.47. The molecule has 0 bridgehead atoms. The van der Waals surface area contributed by atoms with E-state index in [1.165, 1.54) is 5.56 Å². The van der Waals surface area contributed by atoms with Crippen LogP contribution >= 0.6 is 0 Å². The Labute approximate surface area is 128 Å². The summed E-state index contributed by atoms with van der Waals surface area (Å²) in [5.41, 5.74) is 2.35. The van der Waals surface area contributed by atoms with E-state index in [-0.39, 0.29) is 11.7 Å². The number of rotatable bonds is 3. The molecule has 0 spiro atoms. The number of benzene rings is 1. The molecule has 2 heterocycles. The Morgan fingerprint density at radius 2 is 2.00 bits per heavy atom. The fraction of sp³-hybridized carbons (Fsp3) is 0.312. The van der Waals surface area contributed by atoms with Gasteiger partial charge in [0, 0.05) is 0 Å². The number of aliphatic carboxylic acids is 1. The first kappa shape index (κ1) is 14.3. The first-order valence-corrected chi connectivity index (χ1v) is 7.21. The van der Waals surface area contributed by atoms with Crippen molar-refractivity contribution in [2.45, 2.75) is 32.7 Å². The third-order valence-electron chi connectivity index (χ3n) is 3.75. The maximum Gasteiger partial charge on any atom is 0.352 e. The van der Waals surface area contributed by atoms with Crippen LogP contribution in [0.15, 0.2) is 36.0 Å². The first-order valence-electron chi connectivity index (χ1n) is 7.21. The Hall–Kier alpha value is -2.63. The smallest absolute Gasteiger partial charge is 0.352 e. The van der Waals surface area contributed by atoms with Gasteiger partial charge in [-0.2, -0.15) is 10.1 Å². The average molecular weight is 298 g/mol. The van der Waals surface area contributed by atoms with Crippen molar-refractivity contribution in [2.24, 2.45) is 0 Å². The number of nitrogens with zero attached hydrogens (tertiary/aromatic N) is 3. The van der Waals surface area contributed by atoms with Crippen LogP contribution in [0.3, 0.4) is 0 Å². The van der Waals surface area contributed by atoms with E-state index < -0.39 is 5.97 Å². The molecule has 1 unspecified atom stereocenters. The molecule has 0 aliphatic carbocycles. The van der Waals surface area contributed by atoms with Crippen LogP contribution in [-0.2, 0) is 4.79 Å². The predicted octanol–water partition coefficient (Wildman–Crippen LogP) is 2.69. The molecule has 2 aromatic rings. The second kappa shape index (κ2) is 5.29. The number of hydrogen-bond donors (Lipinski definition) is 2. The Balaban J connectivity index is 2.05. The minimum Gasteiger partial charge on any atom is -0.477 e. The topological polar surface area (TPSA) is 80.0 Å². The first-order chi connectivity index (χ1) is 10.5. The summed E-state index contributed by atoms with van der Waals surface area (Å²) < 4.78 is 1.71. The van der Waals surface area contributed by atoms with E-state index >= 15 is 0 Å². The summed E-state index contributed by atoms with van der Waals surface area (Å²) in [6.45, 7) is 6.06. The zero-order chi connectivity index (χ0) is 15.9. The highest BCUT2D eigenvalue weighted by atomic mass is 16.4. The lowest BCUT2D eigenvalue weighted by molar-refractivity contribution is -0.132. The number of carbonyl (C=O) groups is 1. The molecule has 0 saturated carbocycles. The molecule has 22 heavy (non-hydrogen) atoms. The van der Waals surface area contributed by atoms with Crippen LogP contribution in [0.25, 0.3) is 0 Å². The van der Waals surface area contributed by atoms with Crippen molar-refractivity contribution in [1.29, 1.82) is 0 Å². The van der Waals surface area contributed by atoms with E-state index in [9.17, 15) is 9.90 Å². The molecule has 0 radical (unpaired) electrons. The molecule has 3 rings (SSSR count). The highest BCUT2D eigenvalue weighted by Crippen LogP contribution is 2.29. The summed E-state index contributed by atoms with van der Waals surface area (Å²) >= 11 is 0. The predicted molar refractivity (Wildman–Crippen MR) is 82.8 cm³/mol. The fourth-order valence-electron chi connectivity index (χ4n) is 2.54. The van der Waals surface area contributed by atoms with Crippen molar-refractivity contribution in [2.75, 3.05) is 5.32 Å². The average Bonchev–Trinajstić information content (AvgIpc) is 2.86. The van der Waals surface area contributed by atoms with Gasteiger partial charge in [-0.1, -0.05) is 38.1 Å². The van der Waals surface area contributed by atoms with E-state index in [4.69, 9.17) is 0 Å². The van der Waals surface area contributed by atoms with Crippen molar-refractivity contribution in [3.63, 3.8) is 0 Å². The van der Waals surface area contributed by atoms with Gasteiger partial charge >= 0.3 is 5.97 Å². The molecule has 6 heteroatoms. The molecule has 0 amide bonds. The van der Waals surface area contributed by atoms with E-state index in [1.807, 2.05) is 12.1 Å². The number of carboxylic acid groups (broad SMARTS) is 1. The lowest BCUT2D eigenvalue weighted by Gasteiger charge is -2.22. The van der Waals surface area contributed by atoms with Crippen molar-refractivity contribution in [1.82, 2.24) is 14.8 Å². The summed E-state index contributed by atoms with van der Waals surface area (Å²) in [5, 5.41) is 16.4. The largest absolute Gasteiger partial charge is 0.477 e. The second-order valence-electron chi connectivity index (χ2n) is 5.70. The van der Waals surface area contributed by atoms with E-state index in [2.05, 4.69) is 41.4 Å². The van der Waals surface area contributed by atoms with Crippen LogP contribution in [-0.4, -0.2) is 25.8 Å². The van der Waals surface area contributed by atoms with Gasteiger partial charge in [0.1, 0.15) is 17.6 Å². The highest BCUT2D eigenvalue weighted by molar-refractivity contribution is 5.90. The molecular formula is C16H18N4O2. The normalized spacial score (nSPS) is 16.9. The summed E-state index contributed by atoms with van der Waals surface area (Å²) in [6.07, 6.45) is 1.66. The molecule has 1 atom stereocenters. The van der Waals surface area contributed by atoms with Crippen LogP contribution in [0.5, 0.6) is 0 Å². The van der Waals surface area contributed by atoms with Gasteiger partial charge in [0.05, 0.1) is 0 Å². The zero-order valence-corrected chi connectivity index (χ0v) is 12.7. The maximum atomic E-state index is 11.3. The van der Waals surface area contributed by atoms with Crippen LogP contribution < -0.4 is 5.32 Å². The van der Waals surface area contributed by atoms with Crippen molar-refractivity contribution in [3.8, 4) is 0 Å². The number of nitrogens with one attached hydrogen (secondary N) is 1. The Bertz CT molecular complexity index is 744. The number of hydrogen-bond acceptors (Lipinski definition) is 4. The fourth-order valence-corrected chi connectivity index (χ4v) is 2.54.